The number of nitrogens with two attached hydrogens (primary N) is 1. The Morgan fingerprint density at radius 3 is 2.40 bits per heavy atom. The third-order valence-corrected chi connectivity index (χ3v) is 3.88. The van der Waals surface area contributed by atoms with Gasteiger partial charge in [0.1, 0.15) is 0 Å². The van der Waals surface area contributed by atoms with Crippen LogP contribution in [-0.2, 0) is 6.42 Å². The summed E-state index contributed by atoms with van der Waals surface area (Å²) >= 11 is 11.7. The Morgan fingerprint density at radius 1 is 1.05 bits per heavy atom. The van der Waals surface area contributed by atoms with Crippen LogP contribution in [0.2, 0.25) is 10.0 Å². The maximum absolute atomic E-state index is 13.9. The van der Waals surface area contributed by atoms with Gasteiger partial charge in [-0.15, -0.1) is 0 Å². The summed E-state index contributed by atoms with van der Waals surface area (Å²) < 4.78 is 27.4. The first kappa shape index (κ1) is 15.2. The fourth-order valence-corrected chi connectivity index (χ4v) is 2.30. The molecule has 0 spiro atoms. The molecule has 2 N–H and O–H groups in total. The van der Waals surface area contributed by atoms with E-state index in [1.165, 1.54) is 19.1 Å². The SMILES string of the molecule is Cc1ccc(C(N)Cc2ccc(Cl)c(Cl)c2)c(F)c1F. The first-order chi connectivity index (χ1) is 9.40. The smallest absolute Gasteiger partial charge is 0.163 e. The van der Waals surface area contributed by atoms with Crippen molar-refractivity contribution >= 4 is 23.2 Å². The van der Waals surface area contributed by atoms with E-state index in [0.717, 1.165) is 5.56 Å². The Morgan fingerprint density at radius 2 is 1.75 bits per heavy atom. The minimum absolute atomic E-state index is 0.152. The Kier molecular flexibility index (Phi) is 4.63. The number of aryl methyl sites for hydroxylation is 1. The highest BCUT2D eigenvalue weighted by Gasteiger charge is 2.17. The topological polar surface area (TPSA) is 26.0 Å². The van der Waals surface area contributed by atoms with Crippen LogP contribution in [0.3, 0.4) is 0 Å². The predicted molar refractivity (Wildman–Crippen MR) is 78.2 cm³/mol. The quantitative estimate of drug-likeness (QED) is 0.863. The second-order valence-electron chi connectivity index (χ2n) is 4.66. The Balaban J connectivity index is 2.26. The van der Waals surface area contributed by atoms with Gasteiger partial charge in [-0.1, -0.05) is 41.4 Å². The fraction of sp³-hybridized carbons (Fsp3) is 0.200. The van der Waals surface area contributed by atoms with Crippen molar-refractivity contribution in [2.75, 3.05) is 0 Å². The van der Waals surface area contributed by atoms with Gasteiger partial charge in [0.15, 0.2) is 11.6 Å². The van der Waals surface area contributed by atoms with Crippen molar-refractivity contribution in [1.29, 1.82) is 0 Å². The van der Waals surface area contributed by atoms with Gasteiger partial charge in [0.05, 0.1) is 10.0 Å². The molecule has 0 aliphatic heterocycles. The lowest BCUT2D eigenvalue weighted by atomic mass is 9.98. The van der Waals surface area contributed by atoms with Crippen LogP contribution in [0, 0.1) is 18.6 Å². The maximum atomic E-state index is 13.9. The summed E-state index contributed by atoms with van der Waals surface area (Å²) in [4.78, 5) is 0. The number of halogens is 4. The number of hydrogen-bond acceptors (Lipinski definition) is 1. The molecule has 2 rings (SSSR count). The normalized spacial score (nSPS) is 12.5. The van der Waals surface area contributed by atoms with Crippen molar-refractivity contribution in [2.24, 2.45) is 5.73 Å². The van der Waals surface area contributed by atoms with Gasteiger partial charge in [0.2, 0.25) is 0 Å². The van der Waals surface area contributed by atoms with E-state index >= 15 is 0 Å². The zero-order chi connectivity index (χ0) is 14.9. The van der Waals surface area contributed by atoms with E-state index in [9.17, 15) is 8.78 Å². The van der Waals surface area contributed by atoms with E-state index in [1.807, 2.05) is 0 Å². The van der Waals surface area contributed by atoms with Gasteiger partial charge in [-0.25, -0.2) is 8.78 Å². The summed E-state index contributed by atoms with van der Waals surface area (Å²) in [5, 5.41) is 0.850. The van der Waals surface area contributed by atoms with Crippen molar-refractivity contribution in [1.82, 2.24) is 0 Å². The van der Waals surface area contributed by atoms with Crippen LogP contribution in [0.1, 0.15) is 22.7 Å². The molecule has 0 fully saturated rings. The molecule has 20 heavy (non-hydrogen) atoms. The Bertz CT molecular complexity index is 644. The molecular weight excluding hydrogens is 303 g/mol. The molecule has 1 atom stereocenters. The van der Waals surface area contributed by atoms with Gasteiger partial charge in [0.25, 0.3) is 0 Å². The lowest BCUT2D eigenvalue weighted by Gasteiger charge is -2.14. The highest BCUT2D eigenvalue weighted by atomic mass is 35.5. The molecule has 0 heterocycles. The van der Waals surface area contributed by atoms with Gasteiger partial charge < -0.3 is 5.73 Å². The third kappa shape index (κ3) is 3.11. The van der Waals surface area contributed by atoms with Crippen LogP contribution < -0.4 is 5.73 Å². The molecule has 0 aliphatic carbocycles. The van der Waals surface area contributed by atoms with Crippen LogP contribution in [0.5, 0.6) is 0 Å². The van der Waals surface area contributed by atoms with Crippen LogP contribution in [0.4, 0.5) is 8.78 Å². The highest BCUT2D eigenvalue weighted by Crippen LogP contribution is 2.26. The van der Waals surface area contributed by atoms with Gasteiger partial charge in [-0.3, -0.25) is 0 Å². The van der Waals surface area contributed by atoms with Crippen LogP contribution >= 0.6 is 23.2 Å². The van der Waals surface area contributed by atoms with E-state index in [-0.39, 0.29) is 11.1 Å². The molecule has 0 saturated carbocycles. The van der Waals surface area contributed by atoms with Crippen molar-refractivity contribution in [3.05, 3.63) is 68.7 Å². The molecule has 1 nitrogen and oxygen atoms in total. The zero-order valence-electron chi connectivity index (χ0n) is 10.8. The average molecular weight is 316 g/mol. The van der Waals surface area contributed by atoms with Crippen LogP contribution in [-0.4, -0.2) is 0 Å². The highest BCUT2D eigenvalue weighted by molar-refractivity contribution is 6.42. The second-order valence-corrected chi connectivity index (χ2v) is 5.47. The molecule has 1 unspecified atom stereocenters. The van der Waals surface area contributed by atoms with Crippen molar-refractivity contribution < 1.29 is 8.78 Å². The fourth-order valence-electron chi connectivity index (χ4n) is 1.98. The molecule has 0 bridgehead atoms. The molecular formula is C15H13Cl2F2N. The van der Waals surface area contributed by atoms with E-state index in [1.54, 1.807) is 18.2 Å². The molecule has 2 aromatic rings. The van der Waals surface area contributed by atoms with Crippen LogP contribution in [0.15, 0.2) is 30.3 Å². The van der Waals surface area contributed by atoms with Crippen molar-refractivity contribution in [3.63, 3.8) is 0 Å². The predicted octanol–water partition coefficient (Wildman–Crippen LogP) is 4.82. The minimum atomic E-state index is -0.891. The summed E-state index contributed by atoms with van der Waals surface area (Å²) in [6.45, 7) is 1.51. The molecule has 0 radical (unpaired) electrons. The standard InChI is InChI=1S/C15H13Cl2F2N/c1-8-2-4-10(15(19)14(8)18)13(20)7-9-3-5-11(16)12(17)6-9/h2-6,13H,7,20H2,1H3. The van der Waals surface area contributed by atoms with Gasteiger partial charge in [-0.05, 0) is 36.6 Å². The molecule has 0 amide bonds. The van der Waals surface area contributed by atoms with E-state index < -0.39 is 17.7 Å². The molecule has 0 aromatic heterocycles. The largest absolute Gasteiger partial charge is 0.324 e. The first-order valence-corrected chi connectivity index (χ1v) is 6.79. The average Bonchev–Trinajstić information content (AvgIpc) is 2.40. The number of rotatable bonds is 3. The third-order valence-electron chi connectivity index (χ3n) is 3.14. The zero-order valence-corrected chi connectivity index (χ0v) is 12.3. The summed E-state index contributed by atoms with van der Waals surface area (Å²) in [5.41, 5.74) is 7.17. The molecule has 106 valence electrons. The summed E-state index contributed by atoms with van der Waals surface area (Å²) in [5.74, 6) is -1.75. The maximum Gasteiger partial charge on any atom is 0.163 e. The summed E-state index contributed by atoms with van der Waals surface area (Å²) in [6, 6.07) is 7.46. The Labute approximate surface area is 126 Å². The lowest BCUT2D eigenvalue weighted by molar-refractivity contribution is 0.483. The molecule has 5 heteroatoms. The Hall–Kier alpha value is -1.16. The van der Waals surface area contributed by atoms with E-state index in [2.05, 4.69) is 0 Å². The second kappa shape index (κ2) is 6.08. The minimum Gasteiger partial charge on any atom is -0.324 e. The van der Waals surface area contributed by atoms with Crippen molar-refractivity contribution in [3.8, 4) is 0 Å². The lowest BCUT2D eigenvalue weighted by Crippen LogP contribution is -2.16. The van der Waals surface area contributed by atoms with E-state index in [0.29, 0.717) is 16.5 Å². The molecule has 0 saturated heterocycles. The molecule has 2 aromatic carbocycles. The van der Waals surface area contributed by atoms with Gasteiger partial charge in [-0.2, -0.15) is 0 Å². The van der Waals surface area contributed by atoms with E-state index in [4.69, 9.17) is 28.9 Å². The summed E-state index contributed by atoms with van der Waals surface area (Å²) in [6.07, 6.45) is 0.344. The first-order valence-electron chi connectivity index (χ1n) is 6.04. The molecule has 0 aliphatic rings. The number of hydrogen-bond donors (Lipinski definition) is 1. The van der Waals surface area contributed by atoms with Gasteiger partial charge >= 0.3 is 0 Å². The number of benzene rings is 2. The monoisotopic (exact) mass is 315 g/mol. The summed E-state index contributed by atoms with van der Waals surface area (Å²) in [7, 11) is 0. The van der Waals surface area contributed by atoms with Crippen LogP contribution in [0.25, 0.3) is 0 Å². The van der Waals surface area contributed by atoms with Gasteiger partial charge in [0, 0.05) is 11.6 Å². The van der Waals surface area contributed by atoms with Crippen molar-refractivity contribution in [2.45, 2.75) is 19.4 Å².